The molecule has 5 rings (SSSR count). The number of aliphatic hydroxyl groups excluding tert-OH is 1. The van der Waals surface area contributed by atoms with Gasteiger partial charge in [-0.15, -0.1) is 0 Å². The maximum atomic E-state index is 14.2. The molecule has 1 spiro atoms. The van der Waals surface area contributed by atoms with Crippen LogP contribution in [0.3, 0.4) is 0 Å². The Labute approximate surface area is 182 Å². The summed E-state index contributed by atoms with van der Waals surface area (Å²) in [6.07, 6.45) is 0.201. The lowest BCUT2D eigenvalue weighted by atomic mass is 9.55. The zero-order valence-electron chi connectivity index (χ0n) is 18.8. The van der Waals surface area contributed by atoms with Gasteiger partial charge in [0.05, 0.1) is 37.5 Å². The zero-order valence-corrected chi connectivity index (χ0v) is 18.8. The van der Waals surface area contributed by atoms with Crippen LogP contribution in [0, 0.1) is 5.92 Å². The number of rotatable bonds is 3. The van der Waals surface area contributed by atoms with Crippen LogP contribution in [0.5, 0.6) is 11.5 Å². The van der Waals surface area contributed by atoms with Gasteiger partial charge in [-0.25, -0.2) is 0 Å². The maximum absolute atomic E-state index is 14.2. The fourth-order valence-electron chi connectivity index (χ4n) is 6.09. The standard InChI is InChI=1S/C23H32N2O6/c1-13(26)23(29)15-6-8-24(3)9-7-22(21(23)28)16-11-18(30-4)19(31-5)12-17(16)25(14(2)27)20(22)10-15/h11-13,15,20,26,29H,6-10H2,1-5H3. The smallest absolute Gasteiger partial charge is 0.224 e. The summed E-state index contributed by atoms with van der Waals surface area (Å²) in [5.74, 6) is -0.0896. The molecule has 5 atom stereocenters. The predicted octanol–water partition coefficient (Wildman–Crippen LogP) is 1.10. The topological polar surface area (TPSA) is 99.5 Å². The van der Waals surface area contributed by atoms with E-state index in [1.165, 1.54) is 28.1 Å². The van der Waals surface area contributed by atoms with Crippen LogP contribution < -0.4 is 14.4 Å². The van der Waals surface area contributed by atoms with Gasteiger partial charge in [0.1, 0.15) is 0 Å². The van der Waals surface area contributed by atoms with Gasteiger partial charge in [0.2, 0.25) is 5.91 Å². The van der Waals surface area contributed by atoms with E-state index >= 15 is 0 Å². The minimum Gasteiger partial charge on any atom is -0.493 e. The Morgan fingerprint density at radius 3 is 2.45 bits per heavy atom. The van der Waals surface area contributed by atoms with Gasteiger partial charge in [0.15, 0.2) is 22.9 Å². The molecule has 170 valence electrons. The first kappa shape index (κ1) is 22.0. The van der Waals surface area contributed by atoms with Crippen molar-refractivity contribution in [2.24, 2.45) is 5.92 Å². The van der Waals surface area contributed by atoms with Crippen LogP contribution in [0.2, 0.25) is 0 Å². The molecule has 5 unspecified atom stereocenters. The number of methoxy groups -OCH3 is 2. The third-order valence-corrected chi connectivity index (χ3v) is 7.74. The molecule has 1 aromatic carbocycles. The Kier molecular flexibility index (Phi) is 5.31. The minimum absolute atomic E-state index is 0.165. The van der Waals surface area contributed by atoms with Gasteiger partial charge in [0, 0.05) is 18.9 Å². The highest BCUT2D eigenvalue weighted by Gasteiger charge is 2.68. The summed E-state index contributed by atoms with van der Waals surface area (Å²) in [5, 5.41) is 22.3. The first-order chi connectivity index (χ1) is 14.6. The molecule has 3 heterocycles. The fourth-order valence-corrected chi connectivity index (χ4v) is 6.09. The first-order valence-electron chi connectivity index (χ1n) is 10.8. The Morgan fingerprint density at radius 1 is 1.23 bits per heavy atom. The average Bonchev–Trinajstić information content (AvgIpc) is 3.05. The average molecular weight is 433 g/mol. The number of fused-ring (bicyclic) bond motifs is 6. The molecule has 1 amide bonds. The Morgan fingerprint density at radius 2 is 1.87 bits per heavy atom. The third-order valence-electron chi connectivity index (χ3n) is 7.74. The van der Waals surface area contributed by atoms with Gasteiger partial charge in [-0.2, -0.15) is 0 Å². The van der Waals surface area contributed by atoms with E-state index in [1.54, 1.807) is 17.0 Å². The number of ether oxygens (including phenoxy) is 2. The summed E-state index contributed by atoms with van der Waals surface area (Å²) in [5.41, 5.74) is -1.75. The minimum atomic E-state index is -1.88. The summed E-state index contributed by atoms with van der Waals surface area (Å²) in [6.45, 7) is 4.31. The Balaban J connectivity index is 2.04. The number of aliphatic hydroxyl groups is 2. The molecule has 0 radical (unpaired) electrons. The van der Waals surface area contributed by atoms with E-state index in [2.05, 4.69) is 4.90 Å². The highest BCUT2D eigenvalue weighted by atomic mass is 16.5. The fraction of sp³-hybridized carbons (Fsp3) is 0.652. The number of amides is 1. The molecule has 1 saturated carbocycles. The number of carbonyl (C=O) groups is 2. The van der Waals surface area contributed by atoms with Gasteiger partial charge in [-0.3, -0.25) is 9.59 Å². The second-order valence-electron chi connectivity index (χ2n) is 9.21. The van der Waals surface area contributed by atoms with Crippen LogP contribution in [0.4, 0.5) is 5.69 Å². The summed E-state index contributed by atoms with van der Waals surface area (Å²) in [7, 11) is 5.05. The summed E-state index contributed by atoms with van der Waals surface area (Å²) >= 11 is 0. The maximum Gasteiger partial charge on any atom is 0.224 e. The van der Waals surface area contributed by atoms with Crippen molar-refractivity contribution in [3.63, 3.8) is 0 Å². The highest BCUT2D eigenvalue weighted by molar-refractivity contribution is 6.07. The number of anilines is 1. The molecule has 2 saturated heterocycles. The Bertz CT molecular complexity index is 918. The van der Waals surface area contributed by atoms with E-state index in [-0.39, 0.29) is 5.91 Å². The van der Waals surface area contributed by atoms with Crippen molar-refractivity contribution in [3.05, 3.63) is 17.7 Å². The van der Waals surface area contributed by atoms with Gasteiger partial charge in [-0.1, -0.05) is 0 Å². The second-order valence-corrected chi connectivity index (χ2v) is 9.21. The normalized spacial score (nSPS) is 33.8. The number of hydrogen-bond donors (Lipinski definition) is 2. The van der Waals surface area contributed by atoms with Crippen LogP contribution in [0.25, 0.3) is 0 Å². The Hall–Kier alpha value is -2.16. The quantitative estimate of drug-likeness (QED) is 0.738. The van der Waals surface area contributed by atoms with E-state index < -0.39 is 34.9 Å². The monoisotopic (exact) mass is 432 g/mol. The van der Waals surface area contributed by atoms with Crippen molar-refractivity contribution in [1.82, 2.24) is 4.90 Å². The van der Waals surface area contributed by atoms with Crippen molar-refractivity contribution in [2.75, 3.05) is 39.3 Å². The lowest BCUT2D eigenvalue weighted by Gasteiger charge is -2.51. The molecule has 1 aliphatic carbocycles. The van der Waals surface area contributed by atoms with Gasteiger partial charge >= 0.3 is 0 Å². The van der Waals surface area contributed by atoms with Crippen molar-refractivity contribution in [2.45, 2.75) is 56.3 Å². The molecule has 3 aliphatic heterocycles. The molecule has 0 aromatic heterocycles. The molecular formula is C23H32N2O6. The van der Waals surface area contributed by atoms with Crippen molar-refractivity contribution < 1.29 is 29.3 Å². The predicted molar refractivity (Wildman–Crippen MR) is 115 cm³/mol. The third kappa shape index (κ3) is 2.84. The second kappa shape index (κ2) is 7.46. The number of hydrogen-bond acceptors (Lipinski definition) is 7. The van der Waals surface area contributed by atoms with Crippen molar-refractivity contribution >= 4 is 17.4 Å². The van der Waals surface area contributed by atoms with Crippen LogP contribution in [0.15, 0.2) is 12.1 Å². The van der Waals surface area contributed by atoms with Crippen molar-refractivity contribution in [1.29, 1.82) is 0 Å². The summed E-state index contributed by atoms with van der Waals surface area (Å²) in [6, 6.07) is 3.08. The molecule has 1 aromatic rings. The molecule has 8 heteroatoms. The number of ketones is 1. The number of nitrogens with zero attached hydrogens (tertiary/aromatic N) is 2. The molecule has 4 aliphatic rings. The highest BCUT2D eigenvalue weighted by Crippen LogP contribution is 2.59. The molecule has 8 nitrogen and oxygen atoms in total. The van der Waals surface area contributed by atoms with Crippen molar-refractivity contribution in [3.8, 4) is 11.5 Å². The van der Waals surface area contributed by atoms with Gasteiger partial charge in [-0.05, 0) is 58.0 Å². The molecule has 3 fully saturated rings. The van der Waals surface area contributed by atoms with E-state index in [0.717, 1.165) is 0 Å². The zero-order chi connectivity index (χ0) is 22.7. The van der Waals surface area contributed by atoms with E-state index in [1.807, 2.05) is 7.05 Å². The SMILES string of the molecule is COc1cc2c(cc1OC)C13CCN(C)CCC(CC1N2C(C)=O)C(O)(C(C)O)C3=O. The van der Waals surface area contributed by atoms with E-state index in [9.17, 15) is 19.8 Å². The molecule has 2 N–H and O–H groups in total. The first-order valence-corrected chi connectivity index (χ1v) is 10.8. The number of benzene rings is 1. The van der Waals surface area contributed by atoms with Gasteiger partial charge < -0.3 is 29.5 Å². The molecular weight excluding hydrogens is 400 g/mol. The van der Waals surface area contributed by atoms with Crippen LogP contribution in [-0.4, -0.2) is 78.9 Å². The lowest BCUT2D eigenvalue weighted by Crippen LogP contribution is -2.69. The molecule has 31 heavy (non-hydrogen) atoms. The largest absolute Gasteiger partial charge is 0.493 e. The van der Waals surface area contributed by atoms with Crippen LogP contribution >= 0.6 is 0 Å². The summed E-state index contributed by atoms with van der Waals surface area (Å²) < 4.78 is 11.0. The van der Waals surface area contributed by atoms with Crippen LogP contribution in [-0.2, 0) is 15.0 Å². The van der Waals surface area contributed by atoms with Gasteiger partial charge in [0.25, 0.3) is 0 Å². The van der Waals surface area contributed by atoms with E-state index in [4.69, 9.17) is 9.47 Å². The van der Waals surface area contributed by atoms with Crippen LogP contribution in [0.1, 0.15) is 38.7 Å². The lowest BCUT2D eigenvalue weighted by molar-refractivity contribution is -0.175. The number of carbonyl (C=O) groups excluding carboxylic acids is 2. The van der Waals surface area contributed by atoms with E-state index in [0.29, 0.717) is 55.1 Å². The molecule has 2 bridgehead atoms. The summed E-state index contributed by atoms with van der Waals surface area (Å²) in [4.78, 5) is 30.9. The number of Topliss-reactive ketones (excluding diaryl/α,β-unsaturated/α-hetero) is 1.